The quantitative estimate of drug-likeness (QED) is 0.0169. The predicted molar refractivity (Wildman–Crippen MR) is 445 cm³/mol. The number of aliphatic hydroxyl groups is 1. The van der Waals surface area contributed by atoms with Crippen LogP contribution >= 0.6 is 15.6 Å². The van der Waals surface area contributed by atoms with Crippen molar-refractivity contribution in [3.05, 3.63) is 158 Å². The number of aliphatic hydroxyl groups excluding tert-OH is 1. The average molecular weight is 1550 g/mol. The second-order valence-electron chi connectivity index (χ2n) is 27.3. The van der Waals surface area contributed by atoms with Gasteiger partial charge in [0.2, 0.25) is 0 Å². The Morgan fingerprint density at radius 2 is 0.481 bits per heavy atom. The van der Waals surface area contributed by atoms with Gasteiger partial charge >= 0.3 is 39.5 Å². The van der Waals surface area contributed by atoms with Crippen LogP contribution in [0.15, 0.2) is 158 Å². The van der Waals surface area contributed by atoms with E-state index in [1.807, 2.05) is 0 Å². The summed E-state index contributed by atoms with van der Waals surface area (Å²) in [5, 5.41) is 10.7. The molecule has 3 N–H and O–H groups in total. The molecule has 0 bridgehead atoms. The Kier molecular flexibility index (Phi) is 75.8. The van der Waals surface area contributed by atoms with Gasteiger partial charge in [-0.05, 0) is 173 Å². The summed E-state index contributed by atoms with van der Waals surface area (Å²) in [6, 6.07) is 0. The van der Waals surface area contributed by atoms with Gasteiger partial charge in [0.05, 0.1) is 26.4 Å². The minimum Gasteiger partial charge on any atom is -0.462 e. The van der Waals surface area contributed by atoms with Gasteiger partial charge in [0, 0.05) is 25.7 Å². The van der Waals surface area contributed by atoms with E-state index in [0.717, 1.165) is 199 Å². The van der Waals surface area contributed by atoms with E-state index in [1.54, 1.807) is 0 Å². The van der Waals surface area contributed by atoms with Crippen LogP contribution in [-0.2, 0) is 65.4 Å². The molecule has 0 saturated heterocycles. The summed E-state index contributed by atoms with van der Waals surface area (Å²) in [5.74, 6) is -2.27. The largest absolute Gasteiger partial charge is 0.472 e. The molecule has 616 valence electrons. The van der Waals surface area contributed by atoms with Gasteiger partial charge in [-0.3, -0.25) is 37.3 Å². The first-order valence-corrected chi connectivity index (χ1v) is 44.7. The maximum absolute atomic E-state index is 13.1. The van der Waals surface area contributed by atoms with E-state index in [2.05, 4.69) is 186 Å². The van der Waals surface area contributed by atoms with Gasteiger partial charge in [-0.15, -0.1) is 0 Å². The number of phosphoric ester groups is 2. The highest BCUT2D eigenvalue weighted by molar-refractivity contribution is 7.47. The van der Waals surface area contributed by atoms with Crippen LogP contribution in [0.4, 0.5) is 0 Å². The number of esters is 4. The molecule has 19 heteroatoms. The predicted octanol–water partition coefficient (Wildman–Crippen LogP) is 24.8. The van der Waals surface area contributed by atoms with Crippen LogP contribution in [-0.4, -0.2) is 96.7 Å². The Bertz CT molecular complexity index is 2660. The molecule has 0 aliphatic carbocycles. The van der Waals surface area contributed by atoms with Gasteiger partial charge < -0.3 is 33.8 Å². The van der Waals surface area contributed by atoms with Crippen LogP contribution in [0.3, 0.4) is 0 Å². The first-order valence-electron chi connectivity index (χ1n) is 41.7. The van der Waals surface area contributed by atoms with Crippen molar-refractivity contribution in [1.82, 2.24) is 0 Å². The number of carbonyl (C=O) groups excluding carboxylic acids is 4. The van der Waals surface area contributed by atoms with Crippen molar-refractivity contribution in [1.29, 1.82) is 0 Å². The highest BCUT2D eigenvalue weighted by Gasteiger charge is 2.30. The van der Waals surface area contributed by atoms with Crippen molar-refractivity contribution < 1.29 is 80.2 Å². The van der Waals surface area contributed by atoms with Gasteiger partial charge in [0.25, 0.3) is 0 Å². The van der Waals surface area contributed by atoms with E-state index in [1.165, 1.54) is 38.5 Å². The minimum atomic E-state index is -5.00. The second kappa shape index (κ2) is 79.8. The lowest BCUT2D eigenvalue weighted by molar-refractivity contribution is -0.161. The lowest BCUT2D eigenvalue weighted by Gasteiger charge is -2.21. The molecule has 5 atom stereocenters. The lowest BCUT2D eigenvalue weighted by Crippen LogP contribution is -2.30. The number of phosphoric acid groups is 2. The van der Waals surface area contributed by atoms with E-state index >= 15 is 0 Å². The zero-order valence-corrected chi connectivity index (χ0v) is 69.3. The molecule has 0 aromatic carbocycles. The van der Waals surface area contributed by atoms with Crippen molar-refractivity contribution in [3.63, 3.8) is 0 Å². The van der Waals surface area contributed by atoms with Gasteiger partial charge in [-0.1, -0.05) is 282 Å². The first kappa shape index (κ1) is 103. The molecule has 0 heterocycles. The Morgan fingerprint density at radius 1 is 0.269 bits per heavy atom. The Hall–Kier alpha value is -5.32. The summed E-state index contributed by atoms with van der Waals surface area (Å²) < 4.78 is 68.7. The van der Waals surface area contributed by atoms with E-state index < -0.39 is 97.5 Å². The van der Waals surface area contributed by atoms with Crippen LogP contribution < -0.4 is 0 Å². The number of hydrogen-bond donors (Lipinski definition) is 3. The Balaban J connectivity index is 5.43. The van der Waals surface area contributed by atoms with E-state index in [0.29, 0.717) is 32.1 Å². The fourth-order valence-corrected chi connectivity index (χ4v) is 12.2. The third-order valence-corrected chi connectivity index (χ3v) is 18.9. The van der Waals surface area contributed by atoms with Crippen molar-refractivity contribution in [3.8, 4) is 0 Å². The zero-order valence-electron chi connectivity index (χ0n) is 67.5. The molecule has 0 saturated carbocycles. The highest BCUT2D eigenvalue weighted by Crippen LogP contribution is 2.45. The summed E-state index contributed by atoms with van der Waals surface area (Å²) in [6.45, 7) is 4.51. The van der Waals surface area contributed by atoms with Gasteiger partial charge in [-0.25, -0.2) is 9.13 Å². The number of unbranched alkanes of at least 4 members (excludes halogenated alkanes) is 25. The van der Waals surface area contributed by atoms with E-state index in [9.17, 15) is 43.2 Å². The molecule has 0 rings (SSSR count). The van der Waals surface area contributed by atoms with Crippen molar-refractivity contribution in [2.24, 2.45) is 0 Å². The molecule has 0 radical (unpaired) electrons. The van der Waals surface area contributed by atoms with Gasteiger partial charge in [-0.2, -0.15) is 0 Å². The third-order valence-electron chi connectivity index (χ3n) is 17.0. The zero-order chi connectivity index (χ0) is 78.9. The van der Waals surface area contributed by atoms with Crippen molar-refractivity contribution >= 4 is 39.5 Å². The first-order chi connectivity index (χ1) is 52.7. The van der Waals surface area contributed by atoms with E-state index in [4.69, 9.17) is 37.0 Å². The van der Waals surface area contributed by atoms with Crippen LogP contribution in [0.2, 0.25) is 0 Å². The van der Waals surface area contributed by atoms with Crippen molar-refractivity contribution in [2.75, 3.05) is 39.6 Å². The second-order valence-corrected chi connectivity index (χ2v) is 30.2. The van der Waals surface area contributed by atoms with Crippen LogP contribution in [0.5, 0.6) is 0 Å². The fraction of sp³-hybridized carbons (Fsp3) is 0.663. The number of ether oxygens (including phenoxy) is 4. The SMILES string of the molecule is CC/C=C\C/C=C\C/C=C\C/C=C\CCCCCCCCC(=O)OCC(COP(=O)(O)OCC(O)COP(=O)(O)OCC(COC(=O)CCCCCCCC/C=C\C/C=C\C/C=C\CCCCC)OC(=O)CCCCCCC/C=C\C/C=C\CCCCC)OC(=O)CCCC/C=C\C/C=C\C/C=C\C/C=C\CC. The van der Waals surface area contributed by atoms with Crippen LogP contribution in [0.25, 0.3) is 0 Å². The van der Waals surface area contributed by atoms with Gasteiger partial charge in [0.15, 0.2) is 12.2 Å². The van der Waals surface area contributed by atoms with Crippen LogP contribution in [0, 0.1) is 0 Å². The average Bonchev–Trinajstić information content (AvgIpc) is 0.923. The topological polar surface area (TPSA) is 237 Å². The van der Waals surface area contributed by atoms with Crippen LogP contribution in [0.1, 0.15) is 323 Å². The molecular weight excluding hydrogens is 1400 g/mol. The monoisotopic (exact) mass is 1550 g/mol. The molecule has 0 fully saturated rings. The Morgan fingerprint density at radius 3 is 0.759 bits per heavy atom. The molecule has 0 aromatic rings. The molecule has 5 unspecified atom stereocenters. The smallest absolute Gasteiger partial charge is 0.462 e. The molecule has 17 nitrogen and oxygen atoms in total. The molecular formula is C89H148O17P2. The molecule has 0 spiro atoms. The molecule has 0 amide bonds. The van der Waals surface area contributed by atoms with Gasteiger partial charge in [0.1, 0.15) is 19.3 Å². The summed E-state index contributed by atoms with van der Waals surface area (Å²) in [5.41, 5.74) is 0. The number of hydrogen-bond acceptors (Lipinski definition) is 15. The van der Waals surface area contributed by atoms with Crippen molar-refractivity contribution in [2.45, 2.75) is 341 Å². The fourth-order valence-electron chi connectivity index (χ4n) is 10.7. The standard InChI is InChI=1S/C89H148O17P2/c1-5-9-13-17-21-25-29-33-37-39-41-43-47-49-53-57-61-65-69-73-86(91)99-79-84(105-88(93)75-71-67-63-59-55-51-45-35-31-27-23-19-15-11-7-3)81-103-107(95,96)101-77-83(90)78-102-108(97,98)104-82-85(106-89(94)76-72-68-64-60-56-52-46-36-32-28-24-20-16-12-8-4)80-100-87(92)74-70-66-62-58-54-50-48-44-42-40-38-34-30-26-22-18-14-10-6-2/h9,11,13,15,21-28,33-38,41-46,55,59,83-85,90H,5-8,10,12,14,16-20,29-32,39-40,47-54,56-58,60-82H2,1-4H3,(H,95,96)(H,97,98)/b13-9-,15-11-,25-21-,26-22-,27-23-,28-24-,37-33-,38-34-,43-41-,44-42-,45-35-,46-36-,59-55-. The normalized spacial score (nSPS) is 14.6. The summed E-state index contributed by atoms with van der Waals surface area (Å²) in [6.07, 6.45) is 93.5. The molecule has 0 aromatic heterocycles. The maximum atomic E-state index is 13.1. The lowest BCUT2D eigenvalue weighted by atomic mass is 10.1. The Labute approximate surface area is 655 Å². The summed E-state index contributed by atoms with van der Waals surface area (Å²) in [7, 11) is -10.00. The number of allylic oxidation sites excluding steroid dienone is 26. The highest BCUT2D eigenvalue weighted by atomic mass is 31.2. The molecule has 0 aliphatic heterocycles. The number of carbonyl (C=O) groups is 4. The summed E-state index contributed by atoms with van der Waals surface area (Å²) in [4.78, 5) is 73.2. The minimum absolute atomic E-state index is 0.0339. The number of rotatable bonds is 77. The summed E-state index contributed by atoms with van der Waals surface area (Å²) >= 11 is 0. The van der Waals surface area contributed by atoms with E-state index in [-0.39, 0.29) is 25.7 Å². The maximum Gasteiger partial charge on any atom is 0.472 e. The third kappa shape index (κ3) is 78.8. The molecule has 108 heavy (non-hydrogen) atoms. The molecule has 0 aliphatic rings.